The van der Waals surface area contributed by atoms with Crippen LogP contribution in [0.2, 0.25) is 0 Å². The number of benzene rings is 1. The van der Waals surface area contributed by atoms with Crippen LogP contribution in [0.5, 0.6) is 0 Å². The second-order valence-corrected chi connectivity index (χ2v) is 9.12. The van der Waals surface area contributed by atoms with E-state index in [0.29, 0.717) is 38.9 Å². The van der Waals surface area contributed by atoms with E-state index >= 15 is 0 Å². The lowest BCUT2D eigenvalue weighted by Gasteiger charge is -2.44. The second kappa shape index (κ2) is 8.98. The number of amides is 2. The van der Waals surface area contributed by atoms with Crippen LogP contribution < -0.4 is 0 Å². The third kappa shape index (κ3) is 4.90. The standard InChI is InChI=1S/C21H27F3N2O2S/c1-2-3-4-5-18(27)25-12-10-20(11-13-25)26(14-15-29-20)19(28)16-6-8-17(9-7-16)21(22,23)24/h6-9H,2-5,10-15H2,1H3. The molecule has 2 aliphatic heterocycles. The van der Waals surface area contributed by atoms with Crippen molar-refractivity contribution < 1.29 is 22.8 Å². The van der Waals surface area contributed by atoms with Crippen molar-refractivity contribution in [1.82, 2.24) is 9.80 Å². The Morgan fingerprint density at radius 2 is 1.72 bits per heavy atom. The monoisotopic (exact) mass is 428 g/mol. The molecule has 4 nitrogen and oxygen atoms in total. The number of piperidine rings is 1. The van der Waals surface area contributed by atoms with Gasteiger partial charge in [0.15, 0.2) is 0 Å². The minimum Gasteiger partial charge on any atom is -0.342 e. The van der Waals surface area contributed by atoms with Gasteiger partial charge >= 0.3 is 6.18 Å². The lowest BCUT2D eigenvalue weighted by molar-refractivity contribution is -0.137. The fraction of sp³-hybridized carbons (Fsp3) is 0.619. The van der Waals surface area contributed by atoms with E-state index < -0.39 is 11.7 Å². The van der Waals surface area contributed by atoms with E-state index in [-0.39, 0.29) is 22.2 Å². The van der Waals surface area contributed by atoms with Crippen LogP contribution in [-0.2, 0) is 11.0 Å². The normalized spacial score (nSPS) is 19.0. The van der Waals surface area contributed by atoms with Gasteiger partial charge in [-0.05, 0) is 43.5 Å². The average Bonchev–Trinajstić information content (AvgIpc) is 3.10. The molecule has 0 aliphatic carbocycles. The molecule has 160 valence electrons. The van der Waals surface area contributed by atoms with Gasteiger partial charge in [0.05, 0.1) is 10.4 Å². The van der Waals surface area contributed by atoms with E-state index in [9.17, 15) is 22.8 Å². The Labute approximate surface area is 173 Å². The van der Waals surface area contributed by atoms with Crippen LogP contribution in [0.3, 0.4) is 0 Å². The molecule has 29 heavy (non-hydrogen) atoms. The molecule has 0 radical (unpaired) electrons. The highest BCUT2D eigenvalue weighted by Gasteiger charge is 2.47. The number of halogens is 3. The van der Waals surface area contributed by atoms with E-state index in [0.717, 1.165) is 37.1 Å². The molecule has 2 heterocycles. The summed E-state index contributed by atoms with van der Waals surface area (Å²) in [5, 5.41) is 0. The van der Waals surface area contributed by atoms with Crippen molar-refractivity contribution in [2.75, 3.05) is 25.4 Å². The first-order chi connectivity index (χ1) is 13.8. The van der Waals surface area contributed by atoms with E-state index in [1.807, 2.05) is 4.90 Å². The molecule has 0 bridgehead atoms. The van der Waals surface area contributed by atoms with E-state index in [1.165, 1.54) is 12.1 Å². The molecule has 2 fully saturated rings. The minimum atomic E-state index is -4.41. The Kier molecular flexibility index (Phi) is 6.81. The summed E-state index contributed by atoms with van der Waals surface area (Å²) < 4.78 is 38.3. The minimum absolute atomic E-state index is 0.178. The van der Waals surface area contributed by atoms with Crippen molar-refractivity contribution in [2.24, 2.45) is 0 Å². The molecule has 2 amide bonds. The van der Waals surface area contributed by atoms with Crippen molar-refractivity contribution in [2.45, 2.75) is 56.5 Å². The highest BCUT2D eigenvalue weighted by molar-refractivity contribution is 8.00. The maximum absolute atomic E-state index is 13.0. The number of carbonyl (C=O) groups is 2. The molecule has 0 atom stereocenters. The maximum atomic E-state index is 13.0. The van der Waals surface area contributed by atoms with Crippen LogP contribution in [-0.4, -0.2) is 51.9 Å². The molecule has 0 N–H and O–H groups in total. The Morgan fingerprint density at radius 1 is 1.07 bits per heavy atom. The summed E-state index contributed by atoms with van der Waals surface area (Å²) in [7, 11) is 0. The van der Waals surface area contributed by atoms with Crippen molar-refractivity contribution >= 4 is 23.6 Å². The number of nitrogens with zero attached hydrogens (tertiary/aromatic N) is 2. The van der Waals surface area contributed by atoms with E-state index in [1.54, 1.807) is 16.7 Å². The Morgan fingerprint density at radius 3 is 2.31 bits per heavy atom. The van der Waals surface area contributed by atoms with Crippen LogP contribution in [0.4, 0.5) is 13.2 Å². The number of hydrogen-bond acceptors (Lipinski definition) is 3. The van der Waals surface area contributed by atoms with Gasteiger partial charge in [-0.15, -0.1) is 11.8 Å². The summed E-state index contributed by atoms with van der Waals surface area (Å²) in [6.45, 7) is 3.92. The highest BCUT2D eigenvalue weighted by Crippen LogP contribution is 2.44. The summed E-state index contributed by atoms with van der Waals surface area (Å²) in [4.78, 5) is 28.7. The molecule has 0 unspecified atom stereocenters. The molecule has 1 aromatic carbocycles. The summed E-state index contributed by atoms with van der Waals surface area (Å²) in [5.41, 5.74) is -0.479. The van der Waals surface area contributed by atoms with Gasteiger partial charge in [0.2, 0.25) is 5.91 Å². The van der Waals surface area contributed by atoms with Gasteiger partial charge in [0.25, 0.3) is 5.91 Å². The predicted octanol–water partition coefficient (Wildman–Crippen LogP) is 4.79. The molecule has 0 aromatic heterocycles. The SMILES string of the molecule is CCCCCC(=O)N1CCC2(CC1)SCCN2C(=O)c1ccc(C(F)(F)F)cc1. The molecule has 1 spiro atoms. The van der Waals surface area contributed by atoms with Gasteiger partial charge in [-0.3, -0.25) is 9.59 Å². The van der Waals surface area contributed by atoms with Gasteiger partial charge in [0.1, 0.15) is 0 Å². The summed E-state index contributed by atoms with van der Waals surface area (Å²) >= 11 is 1.73. The van der Waals surface area contributed by atoms with Crippen LogP contribution >= 0.6 is 11.8 Å². The number of carbonyl (C=O) groups excluding carboxylic acids is 2. The molecular weight excluding hydrogens is 401 g/mol. The maximum Gasteiger partial charge on any atom is 0.416 e. The molecule has 3 rings (SSSR count). The van der Waals surface area contributed by atoms with Crippen LogP contribution in [0, 0.1) is 0 Å². The van der Waals surface area contributed by atoms with Gasteiger partial charge in [-0.1, -0.05) is 19.8 Å². The number of likely N-dealkylation sites (tertiary alicyclic amines) is 1. The Hall–Kier alpha value is -1.70. The van der Waals surface area contributed by atoms with E-state index in [4.69, 9.17) is 0 Å². The zero-order chi connectivity index (χ0) is 21.1. The van der Waals surface area contributed by atoms with Crippen molar-refractivity contribution in [3.8, 4) is 0 Å². The van der Waals surface area contributed by atoms with Crippen LogP contribution in [0.25, 0.3) is 0 Å². The fourth-order valence-electron chi connectivity index (χ4n) is 4.06. The number of alkyl halides is 3. The Balaban J connectivity index is 1.64. The van der Waals surface area contributed by atoms with Crippen molar-refractivity contribution in [3.05, 3.63) is 35.4 Å². The lowest BCUT2D eigenvalue weighted by atomic mass is 10.00. The smallest absolute Gasteiger partial charge is 0.342 e. The first kappa shape index (κ1) is 22.0. The van der Waals surface area contributed by atoms with Crippen LogP contribution in [0.1, 0.15) is 61.4 Å². The van der Waals surface area contributed by atoms with Crippen molar-refractivity contribution in [1.29, 1.82) is 0 Å². The zero-order valence-electron chi connectivity index (χ0n) is 16.6. The third-order valence-corrected chi connectivity index (χ3v) is 7.33. The number of rotatable bonds is 5. The lowest BCUT2D eigenvalue weighted by Crippen LogP contribution is -2.53. The molecule has 0 saturated carbocycles. The van der Waals surface area contributed by atoms with Gasteiger partial charge in [0, 0.05) is 37.4 Å². The van der Waals surface area contributed by atoms with Crippen LogP contribution in [0.15, 0.2) is 24.3 Å². The second-order valence-electron chi connectivity index (χ2n) is 7.66. The molecular formula is C21H27F3N2O2S. The average molecular weight is 429 g/mol. The van der Waals surface area contributed by atoms with Crippen molar-refractivity contribution in [3.63, 3.8) is 0 Å². The number of hydrogen-bond donors (Lipinski definition) is 0. The van der Waals surface area contributed by atoms with Gasteiger partial charge < -0.3 is 9.80 Å². The largest absolute Gasteiger partial charge is 0.416 e. The number of thioether (sulfide) groups is 1. The first-order valence-corrected chi connectivity index (χ1v) is 11.2. The summed E-state index contributed by atoms with van der Waals surface area (Å²) in [5.74, 6) is 0.750. The molecule has 2 aliphatic rings. The van der Waals surface area contributed by atoms with E-state index in [2.05, 4.69) is 6.92 Å². The van der Waals surface area contributed by atoms with Gasteiger partial charge in [-0.25, -0.2) is 0 Å². The first-order valence-electron chi connectivity index (χ1n) is 10.2. The topological polar surface area (TPSA) is 40.6 Å². The Bertz CT molecular complexity index is 728. The summed E-state index contributed by atoms with van der Waals surface area (Å²) in [6.07, 6.45) is 0.588. The predicted molar refractivity (Wildman–Crippen MR) is 108 cm³/mol. The highest BCUT2D eigenvalue weighted by atomic mass is 32.2. The fourth-order valence-corrected chi connectivity index (χ4v) is 5.51. The summed E-state index contributed by atoms with van der Waals surface area (Å²) in [6, 6.07) is 4.43. The number of unbranched alkanes of at least 4 members (excludes halogenated alkanes) is 2. The third-order valence-electron chi connectivity index (χ3n) is 5.77. The van der Waals surface area contributed by atoms with Gasteiger partial charge in [-0.2, -0.15) is 13.2 Å². The molecule has 1 aromatic rings. The quantitative estimate of drug-likeness (QED) is 0.633. The zero-order valence-corrected chi connectivity index (χ0v) is 17.5. The molecule has 2 saturated heterocycles. The molecule has 8 heteroatoms.